The Hall–Kier alpha value is -2.56. The Morgan fingerprint density at radius 3 is 2.45 bits per heavy atom. The summed E-state index contributed by atoms with van der Waals surface area (Å²) in [7, 11) is 3.21. The third-order valence-corrected chi connectivity index (χ3v) is 3.47. The van der Waals surface area contributed by atoms with Crippen LogP contribution in [0.5, 0.6) is 5.75 Å². The van der Waals surface area contributed by atoms with Crippen molar-refractivity contribution < 1.29 is 14.3 Å². The smallest absolute Gasteiger partial charge is 0.339 e. The van der Waals surface area contributed by atoms with Crippen LogP contribution in [0.1, 0.15) is 28.8 Å². The zero-order valence-electron chi connectivity index (χ0n) is 12.9. The maximum absolute atomic E-state index is 12.0. The van der Waals surface area contributed by atoms with Crippen LogP contribution in [0.25, 0.3) is 0 Å². The first-order valence-electron chi connectivity index (χ1n) is 6.99. The van der Waals surface area contributed by atoms with Crippen LogP contribution >= 0.6 is 0 Å². The van der Waals surface area contributed by atoms with Crippen LogP contribution in [0, 0.1) is 0 Å². The van der Waals surface area contributed by atoms with Gasteiger partial charge < -0.3 is 14.0 Å². The number of hydrogen-bond acceptors (Lipinski definition) is 4. The first kappa shape index (κ1) is 15.8. The summed E-state index contributed by atoms with van der Waals surface area (Å²) in [6, 6.07) is 10.5. The minimum Gasteiger partial charge on any atom is -0.497 e. The number of ether oxygens (including phenoxy) is 2. The summed E-state index contributed by atoms with van der Waals surface area (Å²) < 4.78 is 11.8. The summed E-state index contributed by atoms with van der Waals surface area (Å²) in [5, 5.41) is 0. The summed E-state index contributed by atoms with van der Waals surface area (Å²) in [5.74, 6) is 0.427. The molecular formula is C17H19NO4. The number of aryl methyl sites for hydroxylation is 1. The standard InChI is InChI=1S/C17H19NO4/c1-12(13-4-7-15(21-3)8-5-13)11-22-17(20)14-6-9-16(19)18(2)10-14/h4-10,12H,11H2,1-3H3/t12-/m0/s1. The first-order valence-corrected chi connectivity index (χ1v) is 6.99. The molecule has 116 valence electrons. The van der Waals surface area contributed by atoms with Gasteiger partial charge in [-0.1, -0.05) is 19.1 Å². The van der Waals surface area contributed by atoms with Crippen LogP contribution in [0.15, 0.2) is 47.4 Å². The monoisotopic (exact) mass is 301 g/mol. The van der Waals surface area contributed by atoms with Gasteiger partial charge in [0.2, 0.25) is 5.56 Å². The van der Waals surface area contributed by atoms with E-state index in [0.717, 1.165) is 11.3 Å². The Morgan fingerprint density at radius 2 is 1.86 bits per heavy atom. The number of esters is 1. The Morgan fingerprint density at radius 1 is 1.18 bits per heavy atom. The number of nitrogens with zero attached hydrogens (tertiary/aromatic N) is 1. The second kappa shape index (κ2) is 6.93. The number of carbonyl (C=O) groups is 1. The second-order valence-corrected chi connectivity index (χ2v) is 5.14. The van der Waals surface area contributed by atoms with Gasteiger partial charge in [0.25, 0.3) is 0 Å². The van der Waals surface area contributed by atoms with Gasteiger partial charge in [0.05, 0.1) is 19.3 Å². The van der Waals surface area contributed by atoms with Gasteiger partial charge in [-0.3, -0.25) is 4.79 Å². The average molecular weight is 301 g/mol. The van der Waals surface area contributed by atoms with Crippen molar-refractivity contribution in [3.05, 3.63) is 64.1 Å². The zero-order valence-corrected chi connectivity index (χ0v) is 12.9. The second-order valence-electron chi connectivity index (χ2n) is 5.14. The van der Waals surface area contributed by atoms with Crippen molar-refractivity contribution in [1.29, 1.82) is 0 Å². The molecule has 5 heteroatoms. The van der Waals surface area contributed by atoms with E-state index >= 15 is 0 Å². The van der Waals surface area contributed by atoms with Crippen molar-refractivity contribution >= 4 is 5.97 Å². The fourth-order valence-corrected chi connectivity index (χ4v) is 2.03. The predicted octanol–water partition coefficient (Wildman–Crippen LogP) is 2.35. The molecule has 0 N–H and O–H groups in total. The molecule has 0 saturated heterocycles. The molecule has 0 aliphatic heterocycles. The van der Waals surface area contributed by atoms with Gasteiger partial charge in [0, 0.05) is 25.2 Å². The van der Waals surface area contributed by atoms with Crippen molar-refractivity contribution in [3.63, 3.8) is 0 Å². The van der Waals surface area contributed by atoms with E-state index in [2.05, 4.69) is 0 Å². The Kier molecular flexibility index (Phi) is 4.99. The van der Waals surface area contributed by atoms with Gasteiger partial charge in [-0.05, 0) is 23.8 Å². The molecule has 0 amide bonds. The normalized spacial score (nSPS) is 11.8. The van der Waals surface area contributed by atoms with Gasteiger partial charge in [0.15, 0.2) is 0 Å². The number of benzene rings is 1. The molecule has 0 bridgehead atoms. The Balaban J connectivity index is 1.97. The molecule has 5 nitrogen and oxygen atoms in total. The maximum Gasteiger partial charge on any atom is 0.339 e. The quantitative estimate of drug-likeness (QED) is 0.796. The molecule has 0 aliphatic carbocycles. The molecule has 0 fully saturated rings. The fraction of sp³-hybridized carbons (Fsp3) is 0.294. The topological polar surface area (TPSA) is 57.5 Å². The van der Waals surface area contributed by atoms with Crippen LogP contribution < -0.4 is 10.3 Å². The summed E-state index contributed by atoms with van der Waals surface area (Å²) in [5.41, 5.74) is 1.27. The molecule has 1 heterocycles. The SMILES string of the molecule is COc1ccc([C@@H](C)COC(=O)c2ccc(=O)n(C)c2)cc1. The van der Waals surface area contributed by atoms with Crippen molar-refractivity contribution in [3.8, 4) is 5.75 Å². The lowest BCUT2D eigenvalue weighted by molar-refractivity contribution is 0.0484. The highest BCUT2D eigenvalue weighted by molar-refractivity contribution is 5.88. The molecular weight excluding hydrogens is 282 g/mol. The van der Waals surface area contributed by atoms with Gasteiger partial charge in [-0.2, -0.15) is 0 Å². The summed E-state index contributed by atoms with van der Waals surface area (Å²) in [6.45, 7) is 2.25. The van der Waals surface area contributed by atoms with Crippen molar-refractivity contribution in [2.24, 2.45) is 7.05 Å². The van der Waals surface area contributed by atoms with Crippen molar-refractivity contribution in [2.45, 2.75) is 12.8 Å². The molecule has 1 aromatic heterocycles. The van der Waals surface area contributed by atoms with Crippen LogP contribution in [0.3, 0.4) is 0 Å². The molecule has 0 aliphatic rings. The molecule has 0 radical (unpaired) electrons. The average Bonchev–Trinajstić information content (AvgIpc) is 2.54. The minimum atomic E-state index is -0.434. The van der Waals surface area contributed by atoms with E-state index in [9.17, 15) is 9.59 Å². The van der Waals surface area contributed by atoms with Crippen LogP contribution in [-0.4, -0.2) is 24.3 Å². The van der Waals surface area contributed by atoms with Gasteiger partial charge in [0.1, 0.15) is 5.75 Å². The lowest BCUT2D eigenvalue weighted by Crippen LogP contribution is -2.18. The highest BCUT2D eigenvalue weighted by Gasteiger charge is 2.12. The number of pyridine rings is 1. The zero-order chi connectivity index (χ0) is 16.1. The largest absolute Gasteiger partial charge is 0.497 e. The molecule has 0 spiro atoms. The van der Waals surface area contributed by atoms with Crippen molar-refractivity contribution in [2.75, 3.05) is 13.7 Å². The summed E-state index contributed by atoms with van der Waals surface area (Å²) >= 11 is 0. The predicted molar refractivity (Wildman–Crippen MR) is 83.4 cm³/mol. The Bertz CT molecular complexity index is 703. The highest BCUT2D eigenvalue weighted by atomic mass is 16.5. The van der Waals surface area contributed by atoms with Crippen LogP contribution in [-0.2, 0) is 11.8 Å². The molecule has 1 atom stereocenters. The van der Waals surface area contributed by atoms with Crippen molar-refractivity contribution in [1.82, 2.24) is 4.57 Å². The Labute approximate surface area is 129 Å². The van der Waals surface area contributed by atoms with Crippen LogP contribution in [0.2, 0.25) is 0 Å². The number of hydrogen-bond donors (Lipinski definition) is 0. The van der Waals surface area contributed by atoms with E-state index in [-0.39, 0.29) is 18.1 Å². The van der Waals surface area contributed by atoms with E-state index < -0.39 is 5.97 Å². The van der Waals surface area contributed by atoms with Gasteiger partial charge in [-0.25, -0.2) is 4.79 Å². The third kappa shape index (κ3) is 3.75. The van der Waals surface area contributed by atoms with E-state index in [0.29, 0.717) is 5.56 Å². The van der Waals surface area contributed by atoms with E-state index in [4.69, 9.17) is 9.47 Å². The summed E-state index contributed by atoms with van der Waals surface area (Å²) in [6.07, 6.45) is 1.47. The van der Waals surface area contributed by atoms with E-state index in [1.54, 1.807) is 14.2 Å². The van der Waals surface area contributed by atoms with Gasteiger partial charge in [-0.15, -0.1) is 0 Å². The lowest BCUT2D eigenvalue weighted by Gasteiger charge is -2.13. The molecule has 22 heavy (non-hydrogen) atoms. The number of aromatic nitrogens is 1. The van der Waals surface area contributed by atoms with E-state index in [1.165, 1.54) is 22.9 Å². The van der Waals surface area contributed by atoms with Gasteiger partial charge >= 0.3 is 5.97 Å². The maximum atomic E-state index is 12.0. The lowest BCUT2D eigenvalue weighted by atomic mass is 10.0. The fourth-order valence-electron chi connectivity index (χ4n) is 2.03. The first-order chi connectivity index (χ1) is 10.5. The van der Waals surface area contributed by atoms with E-state index in [1.807, 2.05) is 31.2 Å². The molecule has 2 aromatic rings. The molecule has 0 saturated carbocycles. The highest BCUT2D eigenvalue weighted by Crippen LogP contribution is 2.19. The molecule has 1 aromatic carbocycles. The summed E-state index contributed by atoms with van der Waals surface area (Å²) in [4.78, 5) is 23.3. The number of carbonyl (C=O) groups excluding carboxylic acids is 1. The number of methoxy groups -OCH3 is 1. The van der Waals surface area contributed by atoms with Crippen LogP contribution in [0.4, 0.5) is 0 Å². The third-order valence-electron chi connectivity index (χ3n) is 3.47. The molecule has 0 unspecified atom stereocenters. The minimum absolute atomic E-state index is 0.0717. The number of rotatable bonds is 5. The molecule has 2 rings (SSSR count).